The van der Waals surface area contributed by atoms with Gasteiger partial charge in [0, 0.05) is 11.1 Å². The molecule has 1 amide bonds. The Bertz CT molecular complexity index is 1130. The second-order valence-electron chi connectivity index (χ2n) is 5.79. The van der Waals surface area contributed by atoms with Gasteiger partial charge in [-0.3, -0.25) is 4.79 Å². The van der Waals surface area contributed by atoms with Gasteiger partial charge in [0.1, 0.15) is 5.69 Å². The van der Waals surface area contributed by atoms with Gasteiger partial charge in [0.05, 0.1) is 6.21 Å². The zero-order valence-electron chi connectivity index (χ0n) is 14.6. The number of carbonyl (C=O) groups excluding carboxylic acids is 1. The van der Waals surface area contributed by atoms with Gasteiger partial charge in [0.2, 0.25) is 11.6 Å². The van der Waals surface area contributed by atoms with Crippen LogP contribution in [0, 0.1) is 6.92 Å². The number of aryl methyl sites for hydroxylation is 1. The Morgan fingerprint density at radius 1 is 1.29 bits per heavy atom. The molecular formula is C17H14N8O2S. The SMILES string of the molecule is Cc1ccc(-c2c(C(=O)N/N=C/c3ccsc3)nnn2-c2nonc2N)cc1. The van der Waals surface area contributed by atoms with Crippen molar-refractivity contribution in [3.63, 3.8) is 0 Å². The van der Waals surface area contributed by atoms with Gasteiger partial charge in [-0.1, -0.05) is 35.0 Å². The minimum atomic E-state index is -0.525. The fraction of sp³-hybridized carbons (Fsp3) is 0.0588. The number of aromatic nitrogens is 5. The number of hydrogen-bond acceptors (Lipinski definition) is 9. The molecule has 0 radical (unpaired) electrons. The van der Waals surface area contributed by atoms with Crippen molar-refractivity contribution >= 4 is 29.3 Å². The summed E-state index contributed by atoms with van der Waals surface area (Å²) in [4.78, 5) is 12.7. The molecule has 4 aromatic rings. The Labute approximate surface area is 162 Å². The summed E-state index contributed by atoms with van der Waals surface area (Å²) in [6.45, 7) is 1.96. The van der Waals surface area contributed by atoms with Crippen LogP contribution in [0.4, 0.5) is 5.82 Å². The van der Waals surface area contributed by atoms with E-state index in [-0.39, 0.29) is 17.3 Å². The fourth-order valence-electron chi connectivity index (χ4n) is 2.46. The second kappa shape index (κ2) is 7.40. The maximum atomic E-state index is 12.7. The first-order valence-electron chi connectivity index (χ1n) is 8.10. The highest BCUT2D eigenvalue weighted by Gasteiger charge is 2.25. The van der Waals surface area contributed by atoms with E-state index >= 15 is 0 Å². The van der Waals surface area contributed by atoms with Crippen LogP contribution in [-0.4, -0.2) is 37.4 Å². The summed E-state index contributed by atoms with van der Waals surface area (Å²) >= 11 is 1.54. The van der Waals surface area contributed by atoms with Gasteiger partial charge in [-0.05, 0) is 34.1 Å². The molecule has 0 aliphatic rings. The number of amides is 1. The number of nitrogen functional groups attached to an aromatic ring is 1. The largest absolute Gasteiger partial charge is 0.378 e. The van der Waals surface area contributed by atoms with E-state index in [2.05, 4.69) is 35.8 Å². The number of rotatable bonds is 5. The van der Waals surface area contributed by atoms with Crippen molar-refractivity contribution in [2.75, 3.05) is 5.73 Å². The smallest absolute Gasteiger partial charge is 0.294 e. The quantitative estimate of drug-likeness (QED) is 0.390. The molecule has 1 aromatic carbocycles. The molecule has 0 bridgehead atoms. The number of nitrogens with two attached hydrogens (primary N) is 1. The van der Waals surface area contributed by atoms with Gasteiger partial charge in [0.15, 0.2) is 5.69 Å². The van der Waals surface area contributed by atoms with Crippen LogP contribution >= 0.6 is 11.3 Å². The van der Waals surface area contributed by atoms with Crippen LogP contribution in [0.3, 0.4) is 0 Å². The molecule has 28 heavy (non-hydrogen) atoms. The molecule has 0 saturated carbocycles. The summed E-state index contributed by atoms with van der Waals surface area (Å²) in [5.74, 6) is -0.354. The van der Waals surface area contributed by atoms with Crippen molar-refractivity contribution in [3.05, 3.63) is 57.9 Å². The summed E-state index contributed by atoms with van der Waals surface area (Å²) in [6.07, 6.45) is 1.55. The van der Waals surface area contributed by atoms with Crippen LogP contribution in [0.2, 0.25) is 0 Å². The van der Waals surface area contributed by atoms with E-state index in [0.29, 0.717) is 11.3 Å². The third-order valence-electron chi connectivity index (χ3n) is 3.83. The molecule has 3 heterocycles. The van der Waals surface area contributed by atoms with E-state index in [9.17, 15) is 4.79 Å². The molecular weight excluding hydrogens is 380 g/mol. The second-order valence-corrected chi connectivity index (χ2v) is 6.57. The monoisotopic (exact) mass is 394 g/mol. The van der Waals surface area contributed by atoms with E-state index in [1.54, 1.807) is 6.21 Å². The lowest BCUT2D eigenvalue weighted by atomic mass is 10.1. The van der Waals surface area contributed by atoms with Gasteiger partial charge >= 0.3 is 0 Å². The highest BCUT2D eigenvalue weighted by molar-refractivity contribution is 7.08. The summed E-state index contributed by atoms with van der Waals surface area (Å²) in [7, 11) is 0. The topological polar surface area (TPSA) is 137 Å². The molecule has 140 valence electrons. The molecule has 4 rings (SSSR count). The van der Waals surface area contributed by atoms with Gasteiger partial charge in [-0.15, -0.1) is 5.10 Å². The zero-order valence-corrected chi connectivity index (χ0v) is 15.4. The van der Waals surface area contributed by atoms with Gasteiger partial charge < -0.3 is 5.73 Å². The highest BCUT2D eigenvalue weighted by Crippen LogP contribution is 2.26. The van der Waals surface area contributed by atoms with E-state index in [0.717, 1.165) is 11.1 Å². The predicted molar refractivity (Wildman–Crippen MR) is 103 cm³/mol. The number of benzene rings is 1. The van der Waals surface area contributed by atoms with E-state index < -0.39 is 5.91 Å². The molecule has 3 N–H and O–H groups in total. The maximum absolute atomic E-state index is 12.7. The van der Waals surface area contributed by atoms with Crippen LogP contribution in [0.1, 0.15) is 21.6 Å². The lowest BCUT2D eigenvalue weighted by molar-refractivity contribution is 0.0950. The van der Waals surface area contributed by atoms with Crippen molar-refractivity contribution in [2.24, 2.45) is 5.10 Å². The Morgan fingerprint density at radius 2 is 2.11 bits per heavy atom. The first-order valence-corrected chi connectivity index (χ1v) is 9.04. The summed E-state index contributed by atoms with van der Waals surface area (Å²) < 4.78 is 5.96. The minimum absolute atomic E-state index is 0.0284. The lowest BCUT2D eigenvalue weighted by Crippen LogP contribution is -2.19. The van der Waals surface area contributed by atoms with Crippen LogP contribution in [-0.2, 0) is 0 Å². The zero-order chi connectivity index (χ0) is 19.5. The molecule has 10 nitrogen and oxygen atoms in total. The highest BCUT2D eigenvalue weighted by atomic mass is 32.1. The number of thiophene rings is 1. The van der Waals surface area contributed by atoms with Crippen molar-refractivity contribution < 1.29 is 9.42 Å². The van der Waals surface area contributed by atoms with E-state index in [1.165, 1.54) is 16.0 Å². The standard InChI is InChI=1S/C17H14N8O2S/c1-10-2-4-12(5-3-10)14-13(17(26)21-19-8-11-6-7-28-9-11)20-24-25(14)16-15(18)22-27-23-16/h2-9H,1H3,(H2,18,22)(H,21,26)/b19-8+. The average molecular weight is 394 g/mol. The first kappa shape index (κ1) is 17.5. The summed E-state index contributed by atoms with van der Waals surface area (Å²) in [6, 6.07) is 9.40. The van der Waals surface area contributed by atoms with Gasteiger partial charge in [-0.2, -0.15) is 21.1 Å². The summed E-state index contributed by atoms with van der Waals surface area (Å²) in [5, 5.41) is 23.1. The van der Waals surface area contributed by atoms with Crippen molar-refractivity contribution in [1.29, 1.82) is 0 Å². The van der Waals surface area contributed by atoms with Crippen molar-refractivity contribution in [3.8, 4) is 17.1 Å². The number of hydrogen-bond donors (Lipinski definition) is 2. The van der Waals surface area contributed by atoms with Crippen LogP contribution in [0.5, 0.6) is 0 Å². The molecule has 11 heteroatoms. The van der Waals surface area contributed by atoms with Gasteiger partial charge in [-0.25, -0.2) is 10.1 Å². The van der Waals surface area contributed by atoms with E-state index in [1.807, 2.05) is 48.0 Å². The van der Waals surface area contributed by atoms with Gasteiger partial charge in [0.25, 0.3) is 5.91 Å². The molecule has 0 aliphatic heterocycles. The normalized spacial score (nSPS) is 11.2. The molecule has 0 unspecified atom stereocenters. The molecule has 0 spiro atoms. The molecule has 0 fully saturated rings. The molecule has 0 saturated heterocycles. The third-order valence-corrected chi connectivity index (χ3v) is 4.53. The number of carbonyl (C=O) groups is 1. The number of hydrazone groups is 1. The van der Waals surface area contributed by atoms with Crippen LogP contribution in [0.25, 0.3) is 17.1 Å². The predicted octanol–water partition coefficient (Wildman–Crippen LogP) is 2.03. The first-order chi connectivity index (χ1) is 13.6. The Hall–Kier alpha value is -3.86. The molecule has 3 aromatic heterocycles. The maximum Gasteiger partial charge on any atom is 0.294 e. The fourth-order valence-corrected chi connectivity index (χ4v) is 3.07. The third kappa shape index (κ3) is 3.38. The minimum Gasteiger partial charge on any atom is -0.378 e. The number of nitrogens with zero attached hydrogens (tertiary/aromatic N) is 6. The Kier molecular flexibility index (Phi) is 4.64. The van der Waals surface area contributed by atoms with E-state index in [4.69, 9.17) is 5.73 Å². The average Bonchev–Trinajstić information content (AvgIpc) is 3.42. The van der Waals surface area contributed by atoms with Crippen LogP contribution in [0.15, 0.2) is 50.8 Å². The van der Waals surface area contributed by atoms with Crippen molar-refractivity contribution in [2.45, 2.75) is 6.92 Å². The molecule has 0 atom stereocenters. The Morgan fingerprint density at radius 3 is 2.79 bits per heavy atom. The lowest BCUT2D eigenvalue weighted by Gasteiger charge is -2.06. The molecule has 0 aliphatic carbocycles. The number of nitrogens with one attached hydrogen (secondary N) is 1. The van der Waals surface area contributed by atoms with Crippen LogP contribution < -0.4 is 11.2 Å². The number of anilines is 1. The summed E-state index contributed by atoms with van der Waals surface area (Å²) in [5.41, 5.74) is 11.4. The van der Waals surface area contributed by atoms with Crippen molar-refractivity contribution in [1.82, 2.24) is 30.7 Å². The Balaban J connectivity index is 1.72.